The second-order valence-electron chi connectivity index (χ2n) is 6.89. The van der Waals surface area contributed by atoms with Crippen molar-refractivity contribution in [3.63, 3.8) is 0 Å². The average molecular weight is 386 g/mol. The summed E-state index contributed by atoms with van der Waals surface area (Å²) in [7, 11) is 0. The lowest BCUT2D eigenvalue weighted by Gasteiger charge is -2.30. The zero-order valence-corrected chi connectivity index (χ0v) is 16.0. The minimum atomic E-state index is -0.607. The molecule has 2 amide bonds. The molecular weight excluding hydrogens is 358 g/mol. The Kier molecular flexibility index (Phi) is 7.63. The molecule has 1 aromatic carbocycles. The van der Waals surface area contributed by atoms with Gasteiger partial charge in [0.1, 0.15) is 13.1 Å². The Labute approximate surface area is 165 Å². The lowest BCUT2D eigenvalue weighted by atomic mass is 10.1. The van der Waals surface area contributed by atoms with Crippen LogP contribution in [0.3, 0.4) is 0 Å². The van der Waals surface area contributed by atoms with Crippen LogP contribution >= 0.6 is 0 Å². The Morgan fingerprint density at radius 3 is 2.46 bits per heavy atom. The molecule has 7 nitrogen and oxygen atoms in total. The number of morpholine rings is 1. The highest BCUT2D eigenvalue weighted by molar-refractivity contribution is 6.35. The van der Waals surface area contributed by atoms with Crippen LogP contribution < -0.4 is 15.5 Å². The van der Waals surface area contributed by atoms with Gasteiger partial charge in [-0.3, -0.25) is 9.59 Å². The molecule has 0 aliphatic carbocycles. The number of rotatable bonds is 8. The van der Waals surface area contributed by atoms with Gasteiger partial charge in [0.05, 0.1) is 26.0 Å². The minimum absolute atomic E-state index is 0.0336. The second-order valence-corrected chi connectivity index (χ2v) is 6.89. The molecule has 2 heterocycles. The van der Waals surface area contributed by atoms with Crippen molar-refractivity contribution < 1.29 is 23.6 Å². The number of nitrogens with one attached hydrogen (secondary N) is 3. The standard InChI is InChI=1S/C21H27N3O4/c25-20(22-10-4-8-17-6-2-1-3-7-17)21(26)23-16-18(19-9-5-13-28-19)24-11-14-27-15-12-24/h1-3,5-7,9,13,18H,4,8,10-12,14-16H2,(H,22,25)(H,23,26)/p+1/t18-/m0/s1. The summed E-state index contributed by atoms with van der Waals surface area (Å²) in [6.45, 7) is 3.86. The molecule has 0 unspecified atom stereocenters. The molecule has 150 valence electrons. The van der Waals surface area contributed by atoms with Crippen LogP contribution in [0.25, 0.3) is 0 Å². The van der Waals surface area contributed by atoms with Crippen molar-refractivity contribution in [2.75, 3.05) is 39.4 Å². The van der Waals surface area contributed by atoms with Crippen molar-refractivity contribution in [1.29, 1.82) is 0 Å². The molecular formula is C21H28N3O4+. The van der Waals surface area contributed by atoms with E-state index in [-0.39, 0.29) is 6.04 Å². The van der Waals surface area contributed by atoms with Crippen LogP contribution in [0.2, 0.25) is 0 Å². The van der Waals surface area contributed by atoms with Crippen LogP contribution in [-0.4, -0.2) is 51.2 Å². The third kappa shape index (κ3) is 5.94. The van der Waals surface area contributed by atoms with E-state index in [4.69, 9.17) is 9.15 Å². The van der Waals surface area contributed by atoms with Gasteiger partial charge in [-0.15, -0.1) is 0 Å². The van der Waals surface area contributed by atoms with E-state index >= 15 is 0 Å². The molecule has 1 saturated heterocycles. The lowest BCUT2D eigenvalue weighted by molar-refractivity contribution is -0.938. The molecule has 1 aliphatic heterocycles. The van der Waals surface area contributed by atoms with Gasteiger partial charge in [0.25, 0.3) is 0 Å². The van der Waals surface area contributed by atoms with Crippen LogP contribution in [0, 0.1) is 0 Å². The van der Waals surface area contributed by atoms with Gasteiger partial charge < -0.3 is 24.7 Å². The second kappa shape index (κ2) is 10.6. The maximum atomic E-state index is 12.2. The normalized spacial score (nSPS) is 15.7. The van der Waals surface area contributed by atoms with E-state index in [0.717, 1.165) is 31.7 Å². The first-order valence-electron chi connectivity index (χ1n) is 9.79. The van der Waals surface area contributed by atoms with Gasteiger partial charge in [0, 0.05) is 6.54 Å². The van der Waals surface area contributed by atoms with Crippen molar-refractivity contribution in [2.24, 2.45) is 0 Å². The first-order valence-corrected chi connectivity index (χ1v) is 9.79. The first kappa shape index (κ1) is 20.1. The quantitative estimate of drug-likeness (QED) is 0.444. The molecule has 3 N–H and O–H groups in total. The highest BCUT2D eigenvalue weighted by Crippen LogP contribution is 2.10. The van der Waals surface area contributed by atoms with E-state index in [1.807, 2.05) is 30.3 Å². The summed E-state index contributed by atoms with van der Waals surface area (Å²) >= 11 is 0. The Balaban J connectivity index is 1.42. The number of carbonyl (C=O) groups excluding carboxylic acids is 2. The summed E-state index contributed by atoms with van der Waals surface area (Å²) in [6, 6.07) is 13.8. The van der Waals surface area contributed by atoms with Crippen molar-refractivity contribution >= 4 is 11.8 Å². The van der Waals surface area contributed by atoms with Crippen LogP contribution in [0.4, 0.5) is 0 Å². The highest BCUT2D eigenvalue weighted by atomic mass is 16.5. The van der Waals surface area contributed by atoms with Crippen LogP contribution in [0.1, 0.15) is 23.8 Å². The summed E-state index contributed by atoms with van der Waals surface area (Å²) in [6.07, 6.45) is 3.28. The summed E-state index contributed by atoms with van der Waals surface area (Å²) in [5.74, 6) is -0.396. The molecule has 28 heavy (non-hydrogen) atoms. The number of aryl methyl sites for hydroxylation is 1. The first-order chi connectivity index (χ1) is 13.7. The van der Waals surface area contributed by atoms with E-state index in [2.05, 4.69) is 22.8 Å². The van der Waals surface area contributed by atoms with Crippen molar-refractivity contribution in [3.05, 3.63) is 60.1 Å². The molecule has 1 aromatic heterocycles. The number of hydrogen-bond donors (Lipinski definition) is 3. The van der Waals surface area contributed by atoms with Gasteiger partial charge >= 0.3 is 11.8 Å². The number of quaternary nitrogens is 1. The predicted octanol–water partition coefficient (Wildman–Crippen LogP) is 0.101. The number of amides is 2. The van der Waals surface area contributed by atoms with Gasteiger partial charge in [0.15, 0.2) is 11.8 Å². The Morgan fingerprint density at radius 2 is 1.75 bits per heavy atom. The predicted molar refractivity (Wildman–Crippen MR) is 104 cm³/mol. The summed E-state index contributed by atoms with van der Waals surface area (Å²) in [4.78, 5) is 25.5. The zero-order chi connectivity index (χ0) is 19.6. The third-order valence-electron chi connectivity index (χ3n) is 4.96. The van der Waals surface area contributed by atoms with E-state index in [1.165, 1.54) is 10.5 Å². The number of benzene rings is 1. The van der Waals surface area contributed by atoms with Crippen LogP contribution in [-0.2, 0) is 20.7 Å². The molecule has 0 bridgehead atoms. The molecule has 1 fully saturated rings. The zero-order valence-electron chi connectivity index (χ0n) is 16.0. The number of ether oxygens (including phenoxy) is 1. The highest BCUT2D eigenvalue weighted by Gasteiger charge is 2.29. The van der Waals surface area contributed by atoms with Gasteiger partial charge in [-0.25, -0.2) is 0 Å². The molecule has 1 atom stereocenters. The fourth-order valence-corrected chi connectivity index (χ4v) is 3.41. The van der Waals surface area contributed by atoms with Gasteiger partial charge in [-0.2, -0.15) is 0 Å². The molecule has 1 aliphatic rings. The molecule has 0 radical (unpaired) electrons. The number of hydrogen-bond acceptors (Lipinski definition) is 4. The van der Waals surface area contributed by atoms with E-state index in [1.54, 1.807) is 6.26 Å². The third-order valence-corrected chi connectivity index (χ3v) is 4.96. The Bertz CT molecular complexity index is 727. The maximum absolute atomic E-state index is 12.2. The van der Waals surface area contributed by atoms with Crippen molar-refractivity contribution in [3.8, 4) is 0 Å². The average Bonchev–Trinajstić information content (AvgIpc) is 3.27. The lowest BCUT2D eigenvalue weighted by Crippen LogP contribution is -3.15. The molecule has 3 rings (SSSR count). The summed E-state index contributed by atoms with van der Waals surface area (Å²) in [5, 5.41) is 5.44. The van der Waals surface area contributed by atoms with Gasteiger partial charge in [-0.05, 0) is 30.5 Å². The van der Waals surface area contributed by atoms with Crippen molar-refractivity contribution in [1.82, 2.24) is 10.6 Å². The topological polar surface area (TPSA) is 85.0 Å². The maximum Gasteiger partial charge on any atom is 0.309 e. The monoisotopic (exact) mass is 386 g/mol. The SMILES string of the molecule is O=C(NCCCc1ccccc1)C(=O)NC[C@@H](c1ccco1)[NH+]1CCOCC1. The molecule has 0 spiro atoms. The van der Waals surface area contributed by atoms with Crippen LogP contribution in [0.15, 0.2) is 53.1 Å². The number of carbonyl (C=O) groups is 2. The largest absolute Gasteiger partial charge is 0.463 e. The van der Waals surface area contributed by atoms with E-state index in [9.17, 15) is 9.59 Å². The fraction of sp³-hybridized carbons (Fsp3) is 0.429. The van der Waals surface area contributed by atoms with Gasteiger partial charge in [0.2, 0.25) is 0 Å². The molecule has 7 heteroatoms. The summed E-state index contributed by atoms with van der Waals surface area (Å²) in [5.41, 5.74) is 1.22. The summed E-state index contributed by atoms with van der Waals surface area (Å²) < 4.78 is 11.0. The Hall–Kier alpha value is -2.64. The smallest absolute Gasteiger partial charge is 0.309 e. The van der Waals surface area contributed by atoms with Gasteiger partial charge in [-0.1, -0.05) is 30.3 Å². The van der Waals surface area contributed by atoms with Crippen LogP contribution in [0.5, 0.6) is 0 Å². The fourth-order valence-electron chi connectivity index (χ4n) is 3.41. The molecule has 2 aromatic rings. The van der Waals surface area contributed by atoms with Crippen molar-refractivity contribution in [2.45, 2.75) is 18.9 Å². The minimum Gasteiger partial charge on any atom is -0.463 e. The molecule has 0 saturated carbocycles. The Morgan fingerprint density at radius 1 is 1.00 bits per heavy atom. The van der Waals surface area contributed by atoms with E-state index in [0.29, 0.717) is 26.3 Å². The van der Waals surface area contributed by atoms with E-state index < -0.39 is 11.8 Å². The number of furan rings is 1.